The van der Waals surface area contributed by atoms with Gasteiger partial charge in [0.15, 0.2) is 0 Å². The minimum atomic E-state index is -0.242. The van der Waals surface area contributed by atoms with Crippen molar-refractivity contribution in [1.82, 2.24) is 14.9 Å². The zero-order valence-electron chi connectivity index (χ0n) is 14.9. The normalized spacial score (nSPS) is 15.1. The number of aromatic nitrogens is 2. The van der Waals surface area contributed by atoms with Gasteiger partial charge in [-0.05, 0) is 43.3 Å². The van der Waals surface area contributed by atoms with Crippen molar-refractivity contribution in [3.63, 3.8) is 0 Å². The molecule has 0 fully saturated rings. The number of nitrogens with one attached hydrogen (secondary N) is 1. The number of carbonyl (C=O) groups is 1. The molecule has 6 nitrogen and oxygen atoms in total. The molecule has 3 aromatic rings. The van der Waals surface area contributed by atoms with E-state index in [1.165, 1.54) is 0 Å². The summed E-state index contributed by atoms with van der Waals surface area (Å²) >= 11 is 6.07. The summed E-state index contributed by atoms with van der Waals surface area (Å²) < 4.78 is 12.9. The second-order valence-corrected chi connectivity index (χ2v) is 6.76. The molecule has 0 bridgehead atoms. The molecule has 0 saturated carbocycles. The van der Waals surface area contributed by atoms with Gasteiger partial charge in [0.25, 0.3) is 5.91 Å². The van der Waals surface area contributed by atoms with Crippen LogP contribution in [0, 0.1) is 6.92 Å². The van der Waals surface area contributed by atoms with Crippen molar-refractivity contribution in [3.05, 3.63) is 70.8 Å². The van der Waals surface area contributed by atoms with Crippen molar-refractivity contribution in [2.24, 2.45) is 0 Å². The van der Waals surface area contributed by atoms with E-state index in [1.54, 1.807) is 31.6 Å². The lowest BCUT2D eigenvalue weighted by Gasteiger charge is -2.14. The van der Waals surface area contributed by atoms with E-state index < -0.39 is 0 Å². The molecule has 1 unspecified atom stereocenters. The highest BCUT2D eigenvalue weighted by Gasteiger charge is 2.26. The number of aryl methyl sites for hydroxylation is 1. The predicted molar refractivity (Wildman–Crippen MR) is 102 cm³/mol. The number of hydrogen-bond acceptors (Lipinski definition) is 4. The van der Waals surface area contributed by atoms with Gasteiger partial charge in [0.1, 0.15) is 18.1 Å². The van der Waals surface area contributed by atoms with E-state index in [4.69, 9.17) is 21.1 Å². The zero-order valence-corrected chi connectivity index (χ0v) is 15.7. The first-order chi connectivity index (χ1) is 13.0. The fourth-order valence-corrected chi connectivity index (χ4v) is 3.31. The summed E-state index contributed by atoms with van der Waals surface area (Å²) in [5, 5.41) is 3.61. The molecule has 1 aliphatic rings. The second kappa shape index (κ2) is 6.96. The van der Waals surface area contributed by atoms with Gasteiger partial charge in [-0.1, -0.05) is 11.6 Å². The average molecular weight is 384 g/mol. The van der Waals surface area contributed by atoms with Crippen LogP contribution in [0.1, 0.15) is 27.7 Å². The Morgan fingerprint density at radius 2 is 2.19 bits per heavy atom. The second-order valence-electron chi connectivity index (χ2n) is 6.33. The Morgan fingerprint density at radius 1 is 1.33 bits per heavy atom. The molecule has 1 atom stereocenters. The molecule has 7 heteroatoms. The van der Waals surface area contributed by atoms with Crippen molar-refractivity contribution >= 4 is 17.5 Å². The van der Waals surface area contributed by atoms with Gasteiger partial charge in [-0.15, -0.1) is 0 Å². The van der Waals surface area contributed by atoms with Crippen LogP contribution in [0.25, 0.3) is 5.69 Å². The first-order valence-corrected chi connectivity index (χ1v) is 8.85. The smallest absolute Gasteiger partial charge is 0.252 e. The maximum Gasteiger partial charge on any atom is 0.252 e. The Balaban J connectivity index is 1.57. The summed E-state index contributed by atoms with van der Waals surface area (Å²) in [6.45, 7) is 2.30. The molecule has 1 aliphatic heterocycles. The Bertz CT molecular complexity index is 1020. The number of rotatable bonds is 4. The molecule has 138 valence electrons. The number of ether oxygens (including phenoxy) is 2. The molecule has 2 heterocycles. The summed E-state index contributed by atoms with van der Waals surface area (Å²) in [7, 11) is 1.58. The minimum Gasteiger partial charge on any atom is -0.495 e. The summed E-state index contributed by atoms with van der Waals surface area (Å²) in [5.74, 6) is 1.13. The van der Waals surface area contributed by atoms with Gasteiger partial charge in [-0.2, -0.15) is 0 Å². The lowest BCUT2D eigenvalue weighted by Crippen LogP contribution is -2.29. The van der Waals surface area contributed by atoms with E-state index in [2.05, 4.69) is 10.3 Å². The number of fused-ring (bicyclic) bond motifs is 1. The molecule has 2 aromatic carbocycles. The number of methoxy groups -OCH3 is 1. The number of nitrogens with zero attached hydrogens (tertiary/aromatic N) is 2. The van der Waals surface area contributed by atoms with Crippen molar-refractivity contribution in [2.45, 2.75) is 13.0 Å². The molecule has 0 radical (unpaired) electrons. The Labute approximate surface area is 161 Å². The SMILES string of the molecule is COc1cc(C(=O)NC2COc3ccc(Cl)cc32)ccc1-n1cnc(C)c1. The van der Waals surface area contributed by atoms with Gasteiger partial charge < -0.3 is 19.4 Å². The minimum absolute atomic E-state index is 0.205. The Morgan fingerprint density at radius 3 is 2.93 bits per heavy atom. The third-order valence-corrected chi connectivity index (χ3v) is 4.72. The molecule has 1 aromatic heterocycles. The topological polar surface area (TPSA) is 65.4 Å². The largest absolute Gasteiger partial charge is 0.495 e. The van der Waals surface area contributed by atoms with Crippen LogP contribution in [0.15, 0.2) is 48.9 Å². The lowest BCUT2D eigenvalue weighted by molar-refractivity contribution is 0.0930. The van der Waals surface area contributed by atoms with E-state index in [0.717, 1.165) is 22.7 Å². The summed E-state index contributed by atoms with van der Waals surface area (Å²) in [5.41, 5.74) is 3.10. The number of amides is 1. The van der Waals surface area contributed by atoms with Gasteiger partial charge >= 0.3 is 0 Å². The Kier molecular flexibility index (Phi) is 4.49. The molecule has 0 spiro atoms. The van der Waals surface area contributed by atoms with Crippen LogP contribution in [0.5, 0.6) is 11.5 Å². The van der Waals surface area contributed by atoms with E-state index in [1.807, 2.05) is 35.9 Å². The summed E-state index contributed by atoms with van der Waals surface area (Å²) in [6.07, 6.45) is 3.61. The first kappa shape index (κ1) is 17.4. The van der Waals surface area contributed by atoms with Crippen molar-refractivity contribution in [3.8, 4) is 17.2 Å². The number of hydrogen-bond donors (Lipinski definition) is 1. The van der Waals surface area contributed by atoms with Crippen molar-refractivity contribution in [1.29, 1.82) is 0 Å². The van der Waals surface area contributed by atoms with E-state index >= 15 is 0 Å². The highest BCUT2D eigenvalue weighted by molar-refractivity contribution is 6.30. The Hall–Kier alpha value is -2.99. The molecule has 0 saturated heterocycles. The first-order valence-electron chi connectivity index (χ1n) is 8.47. The molecule has 0 aliphatic carbocycles. The van der Waals surface area contributed by atoms with Crippen LogP contribution in [-0.4, -0.2) is 29.2 Å². The van der Waals surface area contributed by atoms with Crippen molar-refractivity contribution < 1.29 is 14.3 Å². The van der Waals surface area contributed by atoms with E-state index in [9.17, 15) is 4.79 Å². The van der Waals surface area contributed by atoms with Crippen LogP contribution in [-0.2, 0) is 0 Å². The van der Waals surface area contributed by atoms with E-state index in [-0.39, 0.29) is 11.9 Å². The van der Waals surface area contributed by atoms with E-state index in [0.29, 0.717) is 22.9 Å². The molecule has 1 amide bonds. The predicted octanol–water partition coefficient (Wildman–Crippen LogP) is 3.71. The fourth-order valence-electron chi connectivity index (χ4n) is 3.13. The highest BCUT2D eigenvalue weighted by Crippen LogP contribution is 2.34. The van der Waals surface area contributed by atoms with Crippen LogP contribution in [0.2, 0.25) is 5.02 Å². The van der Waals surface area contributed by atoms with Gasteiger partial charge in [0, 0.05) is 22.3 Å². The molecule has 4 rings (SSSR count). The number of carbonyl (C=O) groups excluding carboxylic acids is 1. The summed E-state index contributed by atoms with van der Waals surface area (Å²) in [4.78, 5) is 17.0. The zero-order chi connectivity index (χ0) is 19.0. The third-order valence-electron chi connectivity index (χ3n) is 4.49. The fraction of sp³-hybridized carbons (Fsp3) is 0.200. The van der Waals surface area contributed by atoms with Gasteiger partial charge in [-0.25, -0.2) is 4.98 Å². The van der Waals surface area contributed by atoms with Crippen molar-refractivity contribution in [2.75, 3.05) is 13.7 Å². The number of imidazole rings is 1. The summed E-state index contributed by atoms with van der Waals surface area (Å²) in [6, 6.07) is 10.5. The molecule has 1 N–H and O–H groups in total. The van der Waals surface area contributed by atoms with Crippen LogP contribution in [0.3, 0.4) is 0 Å². The molecular weight excluding hydrogens is 366 g/mol. The van der Waals surface area contributed by atoms with Crippen LogP contribution >= 0.6 is 11.6 Å². The maximum atomic E-state index is 12.7. The van der Waals surface area contributed by atoms with Gasteiger partial charge in [-0.3, -0.25) is 4.79 Å². The third kappa shape index (κ3) is 3.36. The van der Waals surface area contributed by atoms with Gasteiger partial charge in [0.2, 0.25) is 0 Å². The number of halogens is 1. The molecular formula is C20H18ClN3O3. The van der Waals surface area contributed by atoms with Crippen LogP contribution < -0.4 is 14.8 Å². The standard InChI is InChI=1S/C20H18ClN3O3/c1-12-9-24(11-22-12)17-5-3-13(7-19(17)26-2)20(25)23-16-10-27-18-6-4-14(21)8-15(16)18/h3-9,11,16H,10H2,1-2H3,(H,23,25). The highest BCUT2D eigenvalue weighted by atomic mass is 35.5. The lowest BCUT2D eigenvalue weighted by atomic mass is 10.1. The van der Waals surface area contributed by atoms with Gasteiger partial charge in [0.05, 0.1) is 30.9 Å². The maximum absolute atomic E-state index is 12.7. The molecule has 27 heavy (non-hydrogen) atoms. The quantitative estimate of drug-likeness (QED) is 0.746. The average Bonchev–Trinajstić information content (AvgIpc) is 3.27. The van der Waals surface area contributed by atoms with Crippen LogP contribution in [0.4, 0.5) is 0 Å². The monoisotopic (exact) mass is 383 g/mol. The number of benzene rings is 2.